The normalized spacial score (nSPS) is 18.6. The maximum Gasteiger partial charge on any atom is 0.141 e. The van der Waals surface area contributed by atoms with Crippen LogP contribution in [-0.4, -0.2) is 84.0 Å². The first-order chi connectivity index (χ1) is 41.4. The molecule has 16 heteroatoms. The Morgan fingerprint density at radius 2 is 1.07 bits per heavy atom. The third kappa shape index (κ3) is 14.2. The van der Waals surface area contributed by atoms with Crippen molar-refractivity contribution in [1.82, 2.24) is 34.6 Å². The number of aryl methyl sites for hydroxylation is 3. The van der Waals surface area contributed by atoms with Crippen LogP contribution in [0.25, 0.3) is 22.8 Å². The van der Waals surface area contributed by atoms with Crippen molar-refractivity contribution in [2.75, 3.05) is 31.1 Å². The molecule has 2 N–H and O–H groups in total. The average Bonchev–Trinajstić information content (AvgIpc) is 3.81. The Morgan fingerprint density at radius 1 is 0.529 bits per heavy atom. The lowest BCUT2D eigenvalue weighted by Gasteiger charge is -2.38. The van der Waals surface area contributed by atoms with Crippen molar-refractivity contribution in [3.05, 3.63) is 231 Å². The van der Waals surface area contributed by atoms with E-state index < -0.39 is 0 Å². The van der Waals surface area contributed by atoms with Gasteiger partial charge in [-0.2, -0.15) is 0 Å². The summed E-state index contributed by atoms with van der Waals surface area (Å²) in [7, 11) is 2.11. The van der Waals surface area contributed by atoms with Crippen LogP contribution in [0.5, 0.6) is 0 Å². The van der Waals surface area contributed by atoms with Crippen LogP contribution >= 0.6 is 92.2 Å². The zero-order valence-corrected chi connectivity index (χ0v) is 54.6. The minimum atomic E-state index is 0.301. The molecule has 15 rings (SSSR count). The first-order valence-electron chi connectivity index (χ1n) is 29.4. The van der Waals surface area contributed by atoms with Gasteiger partial charge in [-0.25, -0.2) is 9.97 Å². The maximum atomic E-state index is 11.1. The molecule has 0 amide bonds. The number of carbonyl (C=O) groups excluding carboxylic acids is 1. The third-order valence-corrected chi connectivity index (χ3v) is 19.7. The second-order valence-corrected chi connectivity index (χ2v) is 25.1. The third-order valence-electron chi connectivity index (χ3n) is 17.6. The number of carbonyl (C=O) groups is 1. The van der Waals surface area contributed by atoms with Gasteiger partial charge in [0.25, 0.3) is 0 Å². The molecule has 0 fully saturated rings. The molecule has 2 atom stereocenters. The molecule has 0 saturated heterocycles. The number of benzene rings is 6. The summed E-state index contributed by atoms with van der Waals surface area (Å²) in [5, 5.41) is 8.19. The fourth-order valence-electron chi connectivity index (χ4n) is 13.1. The van der Waals surface area contributed by atoms with E-state index in [1.807, 2.05) is 102 Å². The van der Waals surface area contributed by atoms with E-state index in [0.29, 0.717) is 30.7 Å². The highest BCUT2D eigenvalue weighted by molar-refractivity contribution is 14.1. The van der Waals surface area contributed by atoms with Gasteiger partial charge in [0, 0.05) is 139 Å². The van der Waals surface area contributed by atoms with Crippen LogP contribution in [0.4, 0.5) is 0 Å². The zero-order valence-electron chi connectivity index (χ0n) is 48.0. The number of aromatic amines is 1. The van der Waals surface area contributed by atoms with Crippen LogP contribution in [0.3, 0.4) is 0 Å². The van der Waals surface area contributed by atoms with Crippen LogP contribution in [0.2, 0.25) is 30.1 Å². The second-order valence-electron chi connectivity index (χ2n) is 22.6. The number of hydrogen-bond donors (Lipinski definition) is 2. The predicted octanol–water partition coefficient (Wildman–Crippen LogP) is 16.8. The molecule has 0 spiro atoms. The van der Waals surface area contributed by atoms with E-state index in [1.54, 1.807) is 0 Å². The Hall–Kier alpha value is -4.83. The molecular formula is C69H69Cl6IN8O. The van der Waals surface area contributed by atoms with E-state index in [-0.39, 0.29) is 0 Å². The summed E-state index contributed by atoms with van der Waals surface area (Å²) in [6.45, 7) is 5.97. The smallest absolute Gasteiger partial charge is 0.141 e. The number of fused-ring (bicyclic) bond motifs is 5. The van der Waals surface area contributed by atoms with Crippen molar-refractivity contribution in [2.45, 2.75) is 109 Å². The van der Waals surface area contributed by atoms with Gasteiger partial charge >= 0.3 is 0 Å². The highest BCUT2D eigenvalue weighted by atomic mass is 127. The summed E-state index contributed by atoms with van der Waals surface area (Å²) < 4.78 is 2.23. The fraction of sp³-hybridized carbons (Fsp3) is 0.333. The Bertz CT molecular complexity index is 3770. The summed E-state index contributed by atoms with van der Waals surface area (Å²) in [5.41, 5.74) is 19.6. The first kappa shape index (κ1) is 61.8. The molecule has 3 aliphatic carbocycles. The zero-order chi connectivity index (χ0) is 59.1. The van der Waals surface area contributed by atoms with Gasteiger partial charge in [-0.1, -0.05) is 171 Å². The van der Waals surface area contributed by atoms with E-state index >= 15 is 0 Å². The SMILES string of the molecule is CI.Clc1ccccc1-c1nc2c([nH]1)CNCC2.Clc1ccccc1C1=NC2=C(C1)CN(C1CCc3cccc(Cl)c3C1)CC2.Cn1c(-c2ccccc2Cl)nc2c1CN(C1CCc3cccc(Cl)c3C1)CC2.O=C1CCc2cccc(Cl)c2C1. The summed E-state index contributed by atoms with van der Waals surface area (Å²) >= 11 is 40.0. The van der Waals surface area contributed by atoms with Crippen molar-refractivity contribution >= 4 is 104 Å². The molecular weight excluding hydrogens is 1300 g/mol. The topological polar surface area (TPSA) is 94.4 Å². The number of aliphatic imine (C=N–C) groups is 1. The number of nitrogens with one attached hydrogen (secondary N) is 2. The number of nitrogens with zero attached hydrogens (tertiary/aromatic N) is 6. The molecule has 4 aliphatic heterocycles. The van der Waals surface area contributed by atoms with Gasteiger partial charge in [-0.3, -0.25) is 19.6 Å². The highest BCUT2D eigenvalue weighted by Gasteiger charge is 2.34. The van der Waals surface area contributed by atoms with E-state index in [4.69, 9.17) is 79.6 Å². The Morgan fingerprint density at radius 3 is 1.68 bits per heavy atom. The Labute approximate surface area is 543 Å². The number of H-pyrrole nitrogens is 1. The predicted molar refractivity (Wildman–Crippen MR) is 361 cm³/mol. The van der Waals surface area contributed by atoms with Gasteiger partial charge in [0.05, 0.1) is 38.5 Å². The van der Waals surface area contributed by atoms with E-state index in [9.17, 15) is 4.79 Å². The van der Waals surface area contributed by atoms with Crippen LogP contribution in [-0.2, 0) is 76.3 Å². The number of rotatable bonds is 5. The number of alkyl halides is 1. The molecule has 6 aromatic carbocycles. The maximum absolute atomic E-state index is 11.1. The van der Waals surface area contributed by atoms with E-state index in [0.717, 1.165) is 172 Å². The summed E-state index contributed by atoms with van der Waals surface area (Å²) in [5.74, 6) is 2.14. The summed E-state index contributed by atoms with van der Waals surface area (Å²) in [6, 6.07) is 43.4. The van der Waals surface area contributed by atoms with E-state index in [1.165, 1.54) is 69.0 Å². The summed E-state index contributed by atoms with van der Waals surface area (Å²) in [4.78, 5) is 36.2. The Balaban J connectivity index is 0.000000122. The fourth-order valence-corrected chi connectivity index (χ4v) is 14.6. The second kappa shape index (κ2) is 28.6. The molecule has 2 unspecified atom stereocenters. The van der Waals surface area contributed by atoms with Crippen LogP contribution < -0.4 is 5.32 Å². The van der Waals surface area contributed by atoms with Gasteiger partial charge in [0.15, 0.2) is 0 Å². The molecule has 7 aliphatic rings. The molecule has 0 saturated carbocycles. The monoisotopic (exact) mass is 1360 g/mol. The molecule has 0 radical (unpaired) electrons. The van der Waals surface area contributed by atoms with Crippen LogP contribution in [0, 0.1) is 0 Å². The van der Waals surface area contributed by atoms with Crippen molar-refractivity contribution in [2.24, 2.45) is 12.0 Å². The van der Waals surface area contributed by atoms with Crippen molar-refractivity contribution in [3.8, 4) is 22.8 Å². The van der Waals surface area contributed by atoms with Gasteiger partial charge in [0.1, 0.15) is 17.4 Å². The average molecular weight is 1370 g/mol. The molecule has 6 heterocycles. The van der Waals surface area contributed by atoms with Crippen LogP contribution in [0.15, 0.2) is 144 Å². The van der Waals surface area contributed by atoms with Crippen molar-refractivity contribution in [3.63, 3.8) is 0 Å². The van der Waals surface area contributed by atoms with E-state index in [2.05, 4.69) is 89.6 Å². The lowest BCUT2D eigenvalue weighted by Crippen LogP contribution is -2.43. The first-order valence-corrected chi connectivity index (χ1v) is 33.9. The highest BCUT2D eigenvalue weighted by Crippen LogP contribution is 2.38. The molecule has 9 nitrogen and oxygen atoms in total. The number of hydrogen-bond acceptors (Lipinski definition) is 7. The standard InChI is InChI=1S/C23H23Cl2N3.C23H22Cl2N2.C12H12ClN3.C10H9ClO.CH3I/c1-27-22-14-28(16-10-9-15-5-4-8-20(25)18(15)13-16)12-11-21(22)26-23(27)17-6-2-3-7-19(17)24;24-20-6-2-1-5-18(20)23-12-16-14-27(11-10-22(16)26-23)17-9-8-15-4-3-7-21(25)19(15)13-17;13-9-4-2-1-3-8(9)12-15-10-5-6-14-7-11(10)16-12;11-10-3-1-2-7-4-5-8(12)6-9(7)10;1-2/h2-8,16H,9-14H2,1H3;1-7,17H,8-14H2;1-4,14H,5-7H2,(H,15,16);1-3H,4-6H2;1H3. The number of halogens is 7. The minimum Gasteiger partial charge on any atom is -0.341 e. The van der Waals surface area contributed by atoms with Gasteiger partial charge in [-0.15, -0.1) is 0 Å². The lowest BCUT2D eigenvalue weighted by molar-refractivity contribution is -0.118. The van der Waals surface area contributed by atoms with Gasteiger partial charge < -0.3 is 14.9 Å². The molecule has 440 valence electrons. The van der Waals surface area contributed by atoms with Crippen LogP contribution in [0.1, 0.15) is 93.8 Å². The molecule has 85 heavy (non-hydrogen) atoms. The van der Waals surface area contributed by atoms with Crippen molar-refractivity contribution < 1.29 is 4.79 Å². The quantitative estimate of drug-likeness (QED) is 0.132. The van der Waals surface area contributed by atoms with Gasteiger partial charge in [-0.05, 0) is 137 Å². The van der Waals surface area contributed by atoms with Gasteiger partial charge in [0.2, 0.25) is 0 Å². The molecule has 2 aromatic heterocycles. The number of aromatic nitrogens is 4. The number of ketones is 1. The lowest BCUT2D eigenvalue weighted by atomic mass is 9.86. The number of Topliss-reactive ketones (excluding diaryl/α,β-unsaturated/α-hetero) is 1. The number of imidazole rings is 2. The molecule has 8 aromatic rings. The molecule has 0 bridgehead atoms. The largest absolute Gasteiger partial charge is 0.341 e. The summed E-state index contributed by atoms with van der Waals surface area (Å²) in [6.07, 6.45) is 12.7. The van der Waals surface area contributed by atoms with Crippen molar-refractivity contribution in [1.29, 1.82) is 0 Å². The Kier molecular flexibility index (Phi) is 20.8. The minimum absolute atomic E-state index is 0.301.